The molecule has 0 aromatic heterocycles. The fraction of sp³-hybridized carbons (Fsp3) is 0.300. The minimum atomic E-state index is -0.391. The van der Waals surface area contributed by atoms with Crippen LogP contribution in [0.2, 0.25) is 0 Å². The maximum absolute atomic E-state index is 12.1. The van der Waals surface area contributed by atoms with E-state index in [1.165, 1.54) is 0 Å². The molecule has 0 radical (unpaired) electrons. The molecule has 0 bridgehead atoms. The van der Waals surface area contributed by atoms with Gasteiger partial charge in [0.05, 0.1) is 0 Å². The summed E-state index contributed by atoms with van der Waals surface area (Å²) in [6.07, 6.45) is 1.52. The molecule has 0 saturated carbocycles. The Kier molecular flexibility index (Phi) is 8.86. The van der Waals surface area contributed by atoms with Crippen molar-refractivity contribution < 1.29 is 19.1 Å². The van der Waals surface area contributed by atoms with E-state index in [4.69, 9.17) is 20.9 Å². The van der Waals surface area contributed by atoms with Crippen molar-refractivity contribution in [2.45, 2.75) is 26.7 Å². The Morgan fingerprint density at radius 3 is 1.54 bits per heavy atom. The SMILES string of the molecule is CCCOC(=O)c1cc([Se][Se]c2ccc(N)c(C(=O)OCCC)c2)ccc1N. The molecule has 0 aliphatic rings. The Bertz CT molecular complexity index is 773. The predicted octanol–water partition coefficient (Wildman–Crippen LogP) is 1.26. The number of carbonyl (C=O) groups is 2. The number of nitrogen functional groups attached to an aromatic ring is 2. The Morgan fingerprint density at radius 2 is 1.18 bits per heavy atom. The molecule has 0 spiro atoms. The van der Waals surface area contributed by atoms with Gasteiger partial charge in [0.1, 0.15) is 0 Å². The van der Waals surface area contributed by atoms with Crippen LogP contribution in [0.15, 0.2) is 36.4 Å². The number of benzene rings is 2. The van der Waals surface area contributed by atoms with Crippen molar-refractivity contribution >= 4 is 58.5 Å². The molecule has 4 N–H and O–H groups in total. The second kappa shape index (κ2) is 11.1. The van der Waals surface area contributed by atoms with E-state index in [0.717, 1.165) is 21.8 Å². The monoisotopic (exact) mass is 516 g/mol. The van der Waals surface area contributed by atoms with Crippen LogP contribution in [0.25, 0.3) is 0 Å². The quantitative estimate of drug-likeness (QED) is 0.297. The van der Waals surface area contributed by atoms with Gasteiger partial charge >= 0.3 is 176 Å². The molecule has 0 aliphatic carbocycles. The molecule has 0 saturated heterocycles. The van der Waals surface area contributed by atoms with Crippen LogP contribution in [-0.4, -0.2) is 51.4 Å². The summed E-state index contributed by atoms with van der Waals surface area (Å²) in [5.41, 5.74) is 13.5. The molecule has 8 heteroatoms. The zero-order valence-corrected chi connectivity index (χ0v) is 19.3. The van der Waals surface area contributed by atoms with Crippen LogP contribution < -0.4 is 20.4 Å². The van der Waals surface area contributed by atoms with E-state index >= 15 is 0 Å². The van der Waals surface area contributed by atoms with Gasteiger partial charge in [-0.25, -0.2) is 0 Å². The summed E-state index contributed by atoms with van der Waals surface area (Å²) in [5, 5.41) is 0. The standard InChI is InChI=1S/C20H24N2O4Se2/c1-3-9-25-19(23)15-11-13(5-7-17(15)21)27-28-14-6-8-18(22)16(12-14)20(24)26-10-4-2/h5-8,11-12H,3-4,9-10,21-22H2,1-2H3. The molecule has 2 aromatic rings. The van der Waals surface area contributed by atoms with Gasteiger partial charge in [0, 0.05) is 0 Å². The van der Waals surface area contributed by atoms with Gasteiger partial charge in [-0.3, -0.25) is 0 Å². The Labute approximate surface area is 176 Å². The molecule has 0 aliphatic heterocycles. The van der Waals surface area contributed by atoms with Crippen molar-refractivity contribution in [1.29, 1.82) is 0 Å². The molecule has 0 heterocycles. The predicted molar refractivity (Wildman–Crippen MR) is 114 cm³/mol. The van der Waals surface area contributed by atoms with Crippen molar-refractivity contribution in [3.63, 3.8) is 0 Å². The van der Waals surface area contributed by atoms with E-state index in [2.05, 4.69) is 0 Å². The van der Waals surface area contributed by atoms with Gasteiger partial charge in [0.15, 0.2) is 0 Å². The molecule has 6 nitrogen and oxygen atoms in total. The summed E-state index contributed by atoms with van der Waals surface area (Å²) >= 11 is 0.225. The van der Waals surface area contributed by atoms with Gasteiger partial charge in [0.25, 0.3) is 0 Å². The summed E-state index contributed by atoms with van der Waals surface area (Å²) in [6.45, 7) is 4.63. The molecule has 0 amide bonds. The molecular weight excluding hydrogens is 490 g/mol. The van der Waals surface area contributed by atoms with Crippen molar-refractivity contribution in [3.05, 3.63) is 47.5 Å². The maximum atomic E-state index is 12.1. The van der Waals surface area contributed by atoms with Crippen LogP contribution in [-0.2, 0) is 9.47 Å². The van der Waals surface area contributed by atoms with E-state index in [0.29, 0.717) is 35.7 Å². The average molecular weight is 514 g/mol. The number of nitrogens with two attached hydrogens (primary N) is 2. The van der Waals surface area contributed by atoms with Crippen LogP contribution in [0.1, 0.15) is 47.4 Å². The third-order valence-corrected chi connectivity index (χ3v) is 10.8. The van der Waals surface area contributed by atoms with Gasteiger partial charge in [-0.05, 0) is 0 Å². The van der Waals surface area contributed by atoms with Crippen LogP contribution in [0.4, 0.5) is 11.4 Å². The Hall–Kier alpha value is -1.98. The number of carbonyl (C=O) groups excluding carboxylic acids is 2. The van der Waals surface area contributed by atoms with Crippen molar-refractivity contribution in [2.24, 2.45) is 0 Å². The first kappa shape index (κ1) is 22.3. The van der Waals surface area contributed by atoms with Gasteiger partial charge in [-0.1, -0.05) is 0 Å². The molecular formula is C20H24N2O4Se2. The zero-order valence-electron chi connectivity index (χ0n) is 15.9. The van der Waals surface area contributed by atoms with Crippen LogP contribution in [0.3, 0.4) is 0 Å². The molecule has 0 fully saturated rings. The summed E-state index contributed by atoms with van der Waals surface area (Å²) in [4.78, 5) is 24.3. The first-order valence-electron chi connectivity index (χ1n) is 8.94. The average Bonchev–Trinajstić information content (AvgIpc) is 2.70. The van der Waals surface area contributed by atoms with E-state index in [1.54, 1.807) is 12.1 Å². The van der Waals surface area contributed by atoms with Gasteiger partial charge in [-0.15, -0.1) is 0 Å². The molecule has 0 unspecified atom stereocenters. The zero-order chi connectivity index (χ0) is 20.5. The van der Waals surface area contributed by atoms with E-state index in [9.17, 15) is 9.59 Å². The second-order valence-electron chi connectivity index (χ2n) is 5.94. The Balaban J connectivity index is 2.09. The van der Waals surface area contributed by atoms with Crippen LogP contribution in [0, 0.1) is 0 Å². The summed E-state index contributed by atoms with van der Waals surface area (Å²) in [7, 11) is 0. The molecule has 28 heavy (non-hydrogen) atoms. The fourth-order valence-electron chi connectivity index (χ4n) is 2.17. The first-order valence-corrected chi connectivity index (χ1v) is 15.0. The van der Waals surface area contributed by atoms with Gasteiger partial charge in [-0.2, -0.15) is 0 Å². The third-order valence-electron chi connectivity index (χ3n) is 3.60. The second-order valence-corrected chi connectivity index (χ2v) is 12.2. The fourth-order valence-corrected chi connectivity index (χ4v) is 8.15. The number of ether oxygens (including phenoxy) is 2. The summed E-state index contributed by atoms with van der Waals surface area (Å²) < 4.78 is 12.5. The van der Waals surface area contributed by atoms with Crippen LogP contribution in [0.5, 0.6) is 0 Å². The van der Waals surface area contributed by atoms with Crippen molar-refractivity contribution in [2.75, 3.05) is 24.7 Å². The van der Waals surface area contributed by atoms with Gasteiger partial charge in [0.2, 0.25) is 0 Å². The van der Waals surface area contributed by atoms with E-state index in [-0.39, 0.29) is 26.3 Å². The molecule has 150 valence electrons. The molecule has 2 rings (SSSR count). The topological polar surface area (TPSA) is 105 Å². The number of hydrogen-bond donors (Lipinski definition) is 2. The summed E-state index contributed by atoms with van der Waals surface area (Å²) in [6, 6.07) is 11.0. The van der Waals surface area contributed by atoms with Crippen molar-refractivity contribution in [1.82, 2.24) is 0 Å². The van der Waals surface area contributed by atoms with E-state index < -0.39 is 11.9 Å². The molecule has 0 atom stereocenters. The minimum absolute atomic E-state index is 0.112. The number of hydrogen-bond acceptors (Lipinski definition) is 6. The first-order chi connectivity index (χ1) is 13.5. The summed E-state index contributed by atoms with van der Waals surface area (Å²) in [5.74, 6) is -0.782. The third kappa shape index (κ3) is 6.28. The molecule has 2 aromatic carbocycles. The normalized spacial score (nSPS) is 10.5. The van der Waals surface area contributed by atoms with E-state index in [1.807, 2.05) is 38.1 Å². The number of anilines is 2. The van der Waals surface area contributed by atoms with Gasteiger partial charge < -0.3 is 0 Å². The number of rotatable bonds is 9. The number of esters is 2. The Morgan fingerprint density at radius 1 is 0.786 bits per heavy atom. The van der Waals surface area contributed by atoms with Crippen LogP contribution >= 0.6 is 0 Å². The van der Waals surface area contributed by atoms with Crippen molar-refractivity contribution in [3.8, 4) is 0 Å².